The van der Waals surface area contributed by atoms with Gasteiger partial charge in [-0.25, -0.2) is 4.79 Å². The average Bonchev–Trinajstić information content (AvgIpc) is 2.89. The first-order valence-corrected chi connectivity index (χ1v) is 13.5. The van der Waals surface area contributed by atoms with E-state index in [2.05, 4.69) is 25.9 Å². The third kappa shape index (κ3) is 15.7. The SMILES string of the molecule is CCC(C)C(NC(=O)C(CCCN=C(N)N)NC(=O)C(N)CCCN=C(N)N)C(=O)NC(CCCCN)C(=O)O. The van der Waals surface area contributed by atoms with E-state index >= 15 is 0 Å². The van der Waals surface area contributed by atoms with E-state index < -0.39 is 47.9 Å². The molecule has 0 spiro atoms. The Morgan fingerprint density at radius 3 is 1.77 bits per heavy atom. The Morgan fingerprint density at radius 1 is 0.750 bits per heavy atom. The molecule has 0 aliphatic rings. The highest BCUT2D eigenvalue weighted by molar-refractivity contribution is 5.94. The van der Waals surface area contributed by atoms with Gasteiger partial charge in [-0.1, -0.05) is 20.3 Å². The zero-order valence-electron chi connectivity index (χ0n) is 23.6. The molecule has 0 aromatic heterocycles. The van der Waals surface area contributed by atoms with E-state index in [1.165, 1.54) is 0 Å². The lowest BCUT2D eigenvalue weighted by atomic mass is 9.96. The summed E-state index contributed by atoms with van der Waals surface area (Å²) in [4.78, 5) is 58.6. The molecule has 0 bridgehead atoms. The smallest absolute Gasteiger partial charge is 0.326 e. The first-order chi connectivity index (χ1) is 18.8. The molecule has 230 valence electrons. The van der Waals surface area contributed by atoms with Crippen LogP contribution in [0, 0.1) is 5.92 Å². The van der Waals surface area contributed by atoms with Gasteiger partial charge in [0.2, 0.25) is 17.7 Å². The maximum atomic E-state index is 13.3. The number of unbranched alkanes of at least 4 members (excludes halogenated alkanes) is 1. The maximum absolute atomic E-state index is 13.3. The minimum absolute atomic E-state index is 0.0688. The van der Waals surface area contributed by atoms with Crippen LogP contribution in [0.15, 0.2) is 9.98 Å². The van der Waals surface area contributed by atoms with Gasteiger partial charge >= 0.3 is 5.97 Å². The number of carbonyl (C=O) groups is 4. The summed E-state index contributed by atoms with van der Waals surface area (Å²) < 4.78 is 0. The molecule has 0 aromatic carbocycles. The van der Waals surface area contributed by atoms with Crippen molar-refractivity contribution in [2.45, 2.75) is 89.4 Å². The average molecular weight is 572 g/mol. The molecular weight excluding hydrogens is 522 g/mol. The fraction of sp³-hybridized carbons (Fsp3) is 0.750. The second kappa shape index (κ2) is 20.3. The lowest BCUT2D eigenvalue weighted by molar-refractivity contribution is -0.143. The minimum Gasteiger partial charge on any atom is -0.480 e. The van der Waals surface area contributed by atoms with Crippen LogP contribution in [0.3, 0.4) is 0 Å². The third-order valence-electron chi connectivity index (χ3n) is 6.24. The first-order valence-electron chi connectivity index (χ1n) is 13.5. The van der Waals surface area contributed by atoms with Gasteiger partial charge in [-0.2, -0.15) is 0 Å². The molecule has 0 aliphatic carbocycles. The number of carboxylic acid groups (broad SMARTS) is 1. The summed E-state index contributed by atoms with van der Waals surface area (Å²) in [6, 6.07) is -4.15. The normalized spacial score (nSPS) is 14.5. The van der Waals surface area contributed by atoms with E-state index in [0.29, 0.717) is 45.2 Å². The second-order valence-electron chi connectivity index (χ2n) is 9.62. The molecule has 5 atom stereocenters. The lowest BCUT2D eigenvalue weighted by Gasteiger charge is -2.28. The first kappa shape index (κ1) is 36.3. The van der Waals surface area contributed by atoms with E-state index in [4.69, 9.17) is 34.4 Å². The van der Waals surface area contributed by atoms with Crippen molar-refractivity contribution < 1.29 is 24.3 Å². The lowest BCUT2D eigenvalue weighted by Crippen LogP contribution is -2.58. The number of hydrogen-bond acceptors (Lipinski definition) is 8. The molecule has 0 aromatic rings. The Morgan fingerprint density at radius 2 is 1.27 bits per heavy atom. The highest BCUT2D eigenvalue weighted by atomic mass is 16.4. The van der Waals surface area contributed by atoms with Crippen molar-refractivity contribution in [2.24, 2.45) is 50.3 Å². The summed E-state index contributed by atoms with van der Waals surface area (Å²) in [6.45, 7) is 4.50. The fourth-order valence-electron chi connectivity index (χ4n) is 3.67. The number of aliphatic imine (C=N–C) groups is 2. The van der Waals surface area contributed by atoms with Crippen LogP contribution >= 0.6 is 0 Å². The number of nitrogens with one attached hydrogen (secondary N) is 3. The molecule has 5 unspecified atom stereocenters. The number of aliphatic carboxylic acids is 1. The molecule has 3 amide bonds. The molecule has 0 radical (unpaired) electrons. The van der Waals surface area contributed by atoms with Crippen LogP contribution < -0.4 is 50.4 Å². The zero-order chi connectivity index (χ0) is 30.7. The largest absolute Gasteiger partial charge is 0.480 e. The Balaban J connectivity index is 5.59. The van der Waals surface area contributed by atoms with Crippen LogP contribution in [0.2, 0.25) is 0 Å². The number of guanidine groups is 2. The van der Waals surface area contributed by atoms with Crippen molar-refractivity contribution in [3.05, 3.63) is 0 Å². The highest BCUT2D eigenvalue weighted by Gasteiger charge is 2.32. The van der Waals surface area contributed by atoms with Crippen LogP contribution in [0.5, 0.6) is 0 Å². The summed E-state index contributed by atoms with van der Waals surface area (Å²) in [5.74, 6) is -3.52. The quantitative estimate of drug-likeness (QED) is 0.0379. The molecule has 0 rings (SSSR count). The predicted octanol–water partition coefficient (Wildman–Crippen LogP) is -2.87. The van der Waals surface area contributed by atoms with Gasteiger partial charge in [0.15, 0.2) is 11.9 Å². The summed E-state index contributed by atoms with van der Waals surface area (Å²) in [7, 11) is 0. The Bertz CT molecular complexity index is 860. The van der Waals surface area contributed by atoms with Gasteiger partial charge in [0, 0.05) is 13.1 Å². The predicted molar refractivity (Wildman–Crippen MR) is 154 cm³/mol. The fourth-order valence-corrected chi connectivity index (χ4v) is 3.67. The summed E-state index contributed by atoms with van der Waals surface area (Å²) in [6.07, 6.45) is 3.06. The topological polar surface area (TPSA) is 305 Å². The van der Waals surface area contributed by atoms with Crippen LogP contribution in [0.1, 0.15) is 65.2 Å². The van der Waals surface area contributed by atoms with Crippen LogP contribution in [0.4, 0.5) is 0 Å². The third-order valence-corrected chi connectivity index (χ3v) is 6.24. The molecule has 16 nitrogen and oxygen atoms in total. The van der Waals surface area contributed by atoms with Gasteiger partial charge in [-0.3, -0.25) is 24.4 Å². The van der Waals surface area contributed by atoms with E-state index in [0.717, 1.165) is 0 Å². The molecule has 16 heteroatoms. The van der Waals surface area contributed by atoms with E-state index in [9.17, 15) is 24.3 Å². The monoisotopic (exact) mass is 571 g/mol. The molecule has 16 N–H and O–H groups in total. The number of carbonyl (C=O) groups excluding carboxylic acids is 3. The Labute approximate surface area is 235 Å². The minimum atomic E-state index is -1.18. The number of rotatable bonds is 21. The van der Waals surface area contributed by atoms with Crippen molar-refractivity contribution >= 4 is 35.6 Å². The standard InChI is InChI=1S/C24H49N11O5/c1-3-14(2)18(21(38)34-17(22(39)40)9-4-5-11-25)35-20(37)16(10-7-13-32-24(29)30)33-19(36)15(26)8-6-12-31-23(27)28/h14-18H,3-13,25-26H2,1-2H3,(H,33,36)(H,34,38)(H,35,37)(H,39,40)(H4,27,28,31)(H4,29,30,32). The molecule has 0 aliphatic heterocycles. The van der Waals surface area contributed by atoms with E-state index in [1.54, 1.807) is 6.92 Å². The second-order valence-corrected chi connectivity index (χ2v) is 9.62. The van der Waals surface area contributed by atoms with Crippen molar-refractivity contribution in [3.8, 4) is 0 Å². The van der Waals surface area contributed by atoms with Crippen molar-refractivity contribution in [1.29, 1.82) is 0 Å². The van der Waals surface area contributed by atoms with Gasteiger partial charge in [-0.05, 0) is 57.4 Å². The number of amides is 3. The molecular formula is C24H49N11O5. The highest BCUT2D eigenvalue weighted by Crippen LogP contribution is 2.11. The van der Waals surface area contributed by atoms with Crippen LogP contribution in [-0.4, -0.2) is 84.5 Å². The van der Waals surface area contributed by atoms with Crippen LogP contribution in [-0.2, 0) is 19.2 Å². The number of nitrogens with two attached hydrogens (primary N) is 6. The number of nitrogens with zero attached hydrogens (tertiary/aromatic N) is 2. The van der Waals surface area contributed by atoms with Gasteiger partial charge in [0.05, 0.1) is 6.04 Å². The van der Waals surface area contributed by atoms with Gasteiger partial charge in [0.1, 0.15) is 18.1 Å². The number of carboxylic acids is 1. The van der Waals surface area contributed by atoms with Crippen LogP contribution in [0.25, 0.3) is 0 Å². The maximum Gasteiger partial charge on any atom is 0.326 e. The van der Waals surface area contributed by atoms with Gasteiger partial charge < -0.3 is 55.5 Å². The molecule has 0 fully saturated rings. The molecule has 0 saturated heterocycles. The van der Waals surface area contributed by atoms with Crippen molar-refractivity contribution in [2.75, 3.05) is 19.6 Å². The molecule has 0 saturated carbocycles. The summed E-state index contributed by atoms with van der Waals surface area (Å²) in [5, 5.41) is 17.4. The van der Waals surface area contributed by atoms with E-state index in [1.807, 2.05) is 6.92 Å². The molecule has 0 heterocycles. The zero-order valence-corrected chi connectivity index (χ0v) is 23.6. The summed E-state index contributed by atoms with van der Waals surface area (Å²) >= 11 is 0. The Kier molecular flexibility index (Phi) is 18.4. The van der Waals surface area contributed by atoms with E-state index in [-0.39, 0.29) is 43.6 Å². The molecule has 40 heavy (non-hydrogen) atoms. The number of hydrogen-bond donors (Lipinski definition) is 10. The van der Waals surface area contributed by atoms with Crippen molar-refractivity contribution in [1.82, 2.24) is 16.0 Å². The van der Waals surface area contributed by atoms with Gasteiger partial charge in [0.25, 0.3) is 0 Å². The van der Waals surface area contributed by atoms with Gasteiger partial charge in [-0.15, -0.1) is 0 Å². The summed E-state index contributed by atoms with van der Waals surface area (Å²) in [5.41, 5.74) is 32.8. The Hall–Kier alpha value is -3.66. The van der Waals surface area contributed by atoms with Crippen molar-refractivity contribution in [3.63, 3.8) is 0 Å².